The van der Waals surface area contributed by atoms with Crippen LogP contribution in [0.4, 0.5) is 0 Å². The smallest absolute Gasteiger partial charge is 0.137 e. The predicted molar refractivity (Wildman–Crippen MR) is 45.4 cm³/mol. The van der Waals surface area contributed by atoms with Crippen LogP contribution in [0.2, 0.25) is 0 Å². The van der Waals surface area contributed by atoms with Gasteiger partial charge < -0.3 is 5.73 Å². The zero-order valence-corrected chi connectivity index (χ0v) is 7.41. The van der Waals surface area contributed by atoms with Gasteiger partial charge in [0.05, 0.1) is 0 Å². The molecule has 1 aromatic heterocycles. The largest absolute Gasteiger partial charge is 0.330 e. The summed E-state index contributed by atoms with van der Waals surface area (Å²) in [5.74, 6) is 2.02. The first kappa shape index (κ1) is 7.73. The van der Waals surface area contributed by atoms with Crippen molar-refractivity contribution in [3.05, 3.63) is 12.2 Å². The van der Waals surface area contributed by atoms with Gasteiger partial charge in [0, 0.05) is 5.92 Å². The number of H-pyrrole nitrogens is 1. The Morgan fingerprint density at radius 3 is 2.83 bits per heavy atom. The van der Waals surface area contributed by atoms with Gasteiger partial charge in [0.15, 0.2) is 0 Å². The topological polar surface area (TPSA) is 67.6 Å². The fourth-order valence-electron chi connectivity index (χ4n) is 2.09. The second-order valence-electron chi connectivity index (χ2n) is 4.01. The molecule has 66 valence electrons. The Morgan fingerprint density at radius 2 is 2.42 bits per heavy atom. The Kier molecular flexibility index (Phi) is 1.48. The summed E-state index contributed by atoms with van der Waals surface area (Å²) in [6.45, 7) is 5.17. The van der Waals surface area contributed by atoms with Crippen LogP contribution in [0.1, 0.15) is 25.6 Å². The number of nitrogens with zero attached hydrogens (tertiary/aromatic N) is 2. The molecule has 0 bridgehead atoms. The van der Waals surface area contributed by atoms with Crippen LogP contribution in [0.5, 0.6) is 0 Å². The molecule has 1 aliphatic rings. The number of nitrogens with two attached hydrogens (primary N) is 1. The number of hydrogen-bond acceptors (Lipinski definition) is 3. The van der Waals surface area contributed by atoms with Crippen molar-refractivity contribution in [3.63, 3.8) is 0 Å². The molecule has 12 heavy (non-hydrogen) atoms. The predicted octanol–water partition coefficient (Wildman–Crippen LogP) is 0.503. The molecule has 2 rings (SSSR count). The van der Waals surface area contributed by atoms with E-state index >= 15 is 0 Å². The van der Waals surface area contributed by atoms with E-state index in [1.807, 2.05) is 0 Å². The van der Waals surface area contributed by atoms with Gasteiger partial charge in [-0.1, -0.05) is 13.8 Å². The number of aromatic nitrogens is 3. The van der Waals surface area contributed by atoms with Gasteiger partial charge in [0.1, 0.15) is 12.2 Å². The first-order valence-electron chi connectivity index (χ1n) is 4.23. The fraction of sp³-hybridized carbons (Fsp3) is 0.750. The molecule has 0 radical (unpaired) electrons. The van der Waals surface area contributed by atoms with Gasteiger partial charge in [0.2, 0.25) is 0 Å². The highest BCUT2D eigenvalue weighted by atomic mass is 15.2. The first-order valence-corrected chi connectivity index (χ1v) is 4.23. The summed E-state index contributed by atoms with van der Waals surface area (Å²) in [4.78, 5) is 4.15. The van der Waals surface area contributed by atoms with Crippen molar-refractivity contribution in [2.75, 3.05) is 6.54 Å². The van der Waals surface area contributed by atoms with Crippen molar-refractivity contribution >= 4 is 0 Å². The molecule has 0 aromatic carbocycles. The Balaban J connectivity index is 2.19. The summed E-state index contributed by atoms with van der Waals surface area (Å²) in [5, 5.41) is 6.74. The van der Waals surface area contributed by atoms with Gasteiger partial charge in [0.25, 0.3) is 0 Å². The highest BCUT2D eigenvalue weighted by molar-refractivity contribution is 5.20. The molecule has 4 heteroatoms. The highest BCUT2D eigenvalue weighted by Gasteiger charge is 2.58. The summed E-state index contributed by atoms with van der Waals surface area (Å²) < 4.78 is 0. The molecule has 0 amide bonds. The van der Waals surface area contributed by atoms with Crippen LogP contribution in [0.3, 0.4) is 0 Å². The van der Waals surface area contributed by atoms with Crippen molar-refractivity contribution < 1.29 is 0 Å². The van der Waals surface area contributed by atoms with E-state index in [1.165, 1.54) is 0 Å². The SMILES string of the molecule is CC1(C)C(CN)C1c1ncn[nH]1. The van der Waals surface area contributed by atoms with Crippen LogP contribution >= 0.6 is 0 Å². The number of hydrogen-bond donors (Lipinski definition) is 2. The van der Waals surface area contributed by atoms with E-state index in [-0.39, 0.29) is 0 Å². The van der Waals surface area contributed by atoms with Crippen molar-refractivity contribution in [1.82, 2.24) is 15.2 Å². The van der Waals surface area contributed by atoms with E-state index in [0.29, 0.717) is 17.3 Å². The van der Waals surface area contributed by atoms with Crippen LogP contribution in [0.15, 0.2) is 6.33 Å². The minimum Gasteiger partial charge on any atom is -0.330 e. The number of aromatic amines is 1. The molecule has 0 saturated heterocycles. The van der Waals surface area contributed by atoms with Gasteiger partial charge in [-0.25, -0.2) is 4.98 Å². The third kappa shape index (κ3) is 0.876. The van der Waals surface area contributed by atoms with Gasteiger partial charge in [-0.3, -0.25) is 5.10 Å². The zero-order chi connectivity index (χ0) is 8.77. The van der Waals surface area contributed by atoms with Gasteiger partial charge in [-0.05, 0) is 17.9 Å². The van der Waals surface area contributed by atoms with Crippen LogP contribution in [-0.2, 0) is 0 Å². The molecule has 3 N–H and O–H groups in total. The third-order valence-corrected chi connectivity index (χ3v) is 3.03. The lowest BCUT2D eigenvalue weighted by Gasteiger charge is -1.97. The Morgan fingerprint density at radius 1 is 1.67 bits per heavy atom. The molecule has 4 nitrogen and oxygen atoms in total. The van der Waals surface area contributed by atoms with Gasteiger partial charge >= 0.3 is 0 Å². The van der Waals surface area contributed by atoms with Crippen molar-refractivity contribution in [1.29, 1.82) is 0 Å². The lowest BCUT2D eigenvalue weighted by atomic mass is 10.1. The minimum atomic E-state index is 0.300. The average Bonchev–Trinajstić information content (AvgIpc) is 2.50. The summed E-state index contributed by atoms with van der Waals surface area (Å²) >= 11 is 0. The normalized spacial score (nSPS) is 31.9. The number of rotatable bonds is 2. The number of nitrogens with one attached hydrogen (secondary N) is 1. The van der Waals surface area contributed by atoms with E-state index in [4.69, 9.17) is 5.73 Å². The Labute approximate surface area is 71.6 Å². The Bertz CT molecular complexity index is 265. The zero-order valence-electron chi connectivity index (χ0n) is 7.41. The molecule has 1 aliphatic carbocycles. The standard InChI is InChI=1S/C8H14N4/c1-8(2)5(3-9)6(8)7-10-4-11-12-7/h4-6H,3,9H2,1-2H3,(H,10,11,12). The lowest BCUT2D eigenvalue weighted by Crippen LogP contribution is -2.05. The molecule has 2 unspecified atom stereocenters. The molecule has 0 spiro atoms. The summed E-state index contributed by atoms with van der Waals surface area (Å²) in [6, 6.07) is 0. The maximum Gasteiger partial charge on any atom is 0.137 e. The van der Waals surface area contributed by atoms with Crippen LogP contribution < -0.4 is 5.73 Å². The van der Waals surface area contributed by atoms with Crippen molar-refractivity contribution in [2.45, 2.75) is 19.8 Å². The van der Waals surface area contributed by atoms with Crippen LogP contribution in [-0.4, -0.2) is 21.7 Å². The van der Waals surface area contributed by atoms with E-state index in [0.717, 1.165) is 12.4 Å². The Hall–Kier alpha value is -0.900. The second-order valence-corrected chi connectivity index (χ2v) is 4.01. The molecular formula is C8H14N4. The molecule has 2 atom stereocenters. The van der Waals surface area contributed by atoms with E-state index < -0.39 is 0 Å². The molecule has 0 aliphatic heterocycles. The molecule has 1 heterocycles. The lowest BCUT2D eigenvalue weighted by molar-refractivity contribution is 0.556. The molecular weight excluding hydrogens is 152 g/mol. The summed E-state index contributed by atoms with van der Waals surface area (Å²) in [7, 11) is 0. The summed E-state index contributed by atoms with van der Waals surface area (Å²) in [5.41, 5.74) is 5.94. The second kappa shape index (κ2) is 2.29. The van der Waals surface area contributed by atoms with Gasteiger partial charge in [-0.2, -0.15) is 5.10 Å². The molecule has 1 fully saturated rings. The molecule has 1 saturated carbocycles. The van der Waals surface area contributed by atoms with Crippen molar-refractivity contribution in [3.8, 4) is 0 Å². The van der Waals surface area contributed by atoms with Crippen LogP contribution in [0, 0.1) is 11.3 Å². The van der Waals surface area contributed by atoms with Crippen LogP contribution in [0.25, 0.3) is 0 Å². The quantitative estimate of drug-likeness (QED) is 0.672. The maximum absolute atomic E-state index is 5.64. The highest BCUT2D eigenvalue weighted by Crippen LogP contribution is 2.62. The molecule has 1 aromatic rings. The van der Waals surface area contributed by atoms with E-state index in [1.54, 1.807) is 6.33 Å². The maximum atomic E-state index is 5.64. The van der Waals surface area contributed by atoms with E-state index in [2.05, 4.69) is 29.0 Å². The third-order valence-electron chi connectivity index (χ3n) is 3.03. The first-order chi connectivity index (χ1) is 5.68. The van der Waals surface area contributed by atoms with Gasteiger partial charge in [-0.15, -0.1) is 0 Å². The van der Waals surface area contributed by atoms with Crippen molar-refractivity contribution in [2.24, 2.45) is 17.1 Å². The summed E-state index contributed by atoms with van der Waals surface area (Å²) in [6.07, 6.45) is 1.55. The average molecular weight is 166 g/mol. The minimum absolute atomic E-state index is 0.300. The van der Waals surface area contributed by atoms with E-state index in [9.17, 15) is 0 Å². The fourth-order valence-corrected chi connectivity index (χ4v) is 2.09. The monoisotopic (exact) mass is 166 g/mol.